The summed E-state index contributed by atoms with van der Waals surface area (Å²) >= 11 is 1.20. The van der Waals surface area contributed by atoms with Gasteiger partial charge < -0.3 is 9.64 Å². The SMILES string of the molecule is CCN(CC)c1ccc(C(=O)Nc2nc(-c3ccccc3OC(F)F)cs2)cn1. The molecule has 0 unspecified atom stereocenters. The summed E-state index contributed by atoms with van der Waals surface area (Å²) in [5.74, 6) is 0.488. The van der Waals surface area contributed by atoms with Crippen LogP contribution in [0, 0.1) is 0 Å². The van der Waals surface area contributed by atoms with Gasteiger partial charge in [-0.3, -0.25) is 10.1 Å². The van der Waals surface area contributed by atoms with Crippen LogP contribution in [0.1, 0.15) is 24.2 Å². The zero-order valence-electron chi connectivity index (χ0n) is 15.9. The van der Waals surface area contributed by atoms with Crippen LogP contribution < -0.4 is 15.0 Å². The number of hydrogen-bond donors (Lipinski definition) is 1. The Bertz CT molecular complexity index is 959. The number of thiazole rings is 1. The summed E-state index contributed by atoms with van der Waals surface area (Å²) in [6.45, 7) is 2.80. The summed E-state index contributed by atoms with van der Waals surface area (Å²) < 4.78 is 29.7. The van der Waals surface area contributed by atoms with Gasteiger partial charge in [-0.05, 0) is 38.1 Å². The van der Waals surface area contributed by atoms with Crippen LogP contribution in [0.2, 0.25) is 0 Å². The van der Waals surface area contributed by atoms with Crippen molar-refractivity contribution in [3.05, 3.63) is 53.5 Å². The maximum atomic E-state index is 12.6. The Morgan fingerprint density at radius 1 is 1.21 bits per heavy atom. The predicted octanol–water partition coefficient (Wildman–Crippen LogP) is 4.91. The second kappa shape index (κ2) is 9.42. The molecular formula is C20H20F2N4O2S. The number of nitrogens with zero attached hydrogens (tertiary/aromatic N) is 3. The van der Waals surface area contributed by atoms with E-state index in [1.165, 1.54) is 23.6 Å². The van der Waals surface area contributed by atoms with E-state index in [-0.39, 0.29) is 11.7 Å². The van der Waals surface area contributed by atoms with Gasteiger partial charge in [-0.2, -0.15) is 8.78 Å². The lowest BCUT2D eigenvalue weighted by Crippen LogP contribution is -2.23. The van der Waals surface area contributed by atoms with Crippen molar-refractivity contribution >= 4 is 28.2 Å². The molecule has 6 nitrogen and oxygen atoms in total. The standard InChI is InChI=1S/C20H20F2N4O2S/c1-3-26(4-2)17-10-9-13(11-23-17)18(27)25-20-24-15(12-29-20)14-7-5-6-8-16(14)28-19(21)22/h5-12,19H,3-4H2,1-2H3,(H,24,25,27). The molecule has 0 atom stereocenters. The van der Waals surface area contributed by atoms with Crippen LogP contribution in [0.3, 0.4) is 0 Å². The topological polar surface area (TPSA) is 67.4 Å². The van der Waals surface area contributed by atoms with Gasteiger partial charge in [0.1, 0.15) is 11.6 Å². The molecule has 0 aliphatic rings. The highest BCUT2D eigenvalue weighted by Gasteiger charge is 2.15. The van der Waals surface area contributed by atoms with E-state index < -0.39 is 6.61 Å². The van der Waals surface area contributed by atoms with Crippen LogP contribution in [0.4, 0.5) is 19.7 Å². The van der Waals surface area contributed by atoms with E-state index in [2.05, 4.69) is 24.9 Å². The third kappa shape index (κ3) is 5.05. The monoisotopic (exact) mass is 418 g/mol. The highest BCUT2D eigenvalue weighted by molar-refractivity contribution is 7.14. The minimum atomic E-state index is -2.93. The lowest BCUT2D eigenvalue weighted by molar-refractivity contribution is -0.0494. The number of carbonyl (C=O) groups is 1. The zero-order chi connectivity index (χ0) is 20.8. The number of carbonyl (C=O) groups excluding carboxylic acids is 1. The highest BCUT2D eigenvalue weighted by atomic mass is 32.1. The number of anilines is 2. The quantitative estimate of drug-likeness (QED) is 0.563. The first-order valence-electron chi connectivity index (χ1n) is 9.03. The molecule has 1 aromatic carbocycles. The fraction of sp³-hybridized carbons (Fsp3) is 0.250. The highest BCUT2D eigenvalue weighted by Crippen LogP contribution is 2.33. The Morgan fingerprint density at radius 2 is 1.97 bits per heavy atom. The summed E-state index contributed by atoms with van der Waals surface area (Å²) in [5.41, 5.74) is 1.27. The summed E-state index contributed by atoms with van der Waals surface area (Å²) in [4.78, 5) is 23.2. The minimum absolute atomic E-state index is 0.0295. The maximum absolute atomic E-state index is 12.6. The van der Waals surface area contributed by atoms with Gasteiger partial charge in [0, 0.05) is 30.2 Å². The lowest BCUT2D eigenvalue weighted by Gasteiger charge is -2.19. The molecule has 0 radical (unpaired) electrons. The second-order valence-electron chi connectivity index (χ2n) is 5.94. The number of aromatic nitrogens is 2. The van der Waals surface area contributed by atoms with E-state index >= 15 is 0 Å². The van der Waals surface area contributed by atoms with Crippen molar-refractivity contribution < 1.29 is 18.3 Å². The van der Waals surface area contributed by atoms with Crippen LogP contribution >= 0.6 is 11.3 Å². The van der Waals surface area contributed by atoms with Gasteiger partial charge in [0.25, 0.3) is 5.91 Å². The Labute approximate surface area is 171 Å². The molecule has 152 valence electrons. The molecule has 0 saturated carbocycles. The molecule has 0 saturated heterocycles. The molecule has 2 aromatic heterocycles. The molecule has 0 bridgehead atoms. The van der Waals surface area contributed by atoms with Gasteiger partial charge in [0.05, 0.1) is 11.3 Å². The first kappa shape index (κ1) is 20.7. The third-order valence-corrected chi connectivity index (χ3v) is 4.96. The van der Waals surface area contributed by atoms with Gasteiger partial charge in [-0.25, -0.2) is 9.97 Å². The minimum Gasteiger partial charge on any atom is -0.434 e. The van der Waals surface area contributed by atoms with Crippen LogP contribution in [0.25, 0.3) is 11.3 Å². The summed E-state index contributed by atoms with van der Waals surface area (Å²) in [6, 6.07) is 9.89. The number of para-hydroxylation sites is 1. The number of amides is 1. The number of pyridine rings is 1. The number of nitrogens with one attached hydrogen (secondary N) is 1. The number of halogens is 2. The van der Waals surface area contributed by atoms with Gasteiger partial charge in [0.15, 0.2) is 5.13 Å². The molecule has 9 heteroatoms. The van der Waals surface area contributed by atoms with Gasteiger partial charge >= 0.3 is 6.61 Å². The lowest BCUT2D eigenvalue weighted by atomic mass is 10.1. The normalized spacial score (nSPS) is 10.8. The maximum Gasteiger partial charge on any atom is 0.387 e. The van der Waals surface area contributed by atoms with Crippen LogP contribution in [0.15, 0.2) is 48.0 Å². The number of hydrogen-bond acceptors (Lipinski definition) is 6. The molecule has 3 rings (SSSR count). The molecule has 3 aromatic rings. The number of rotatable bonds is 8. The Balaban J connectivity index is 1.73. The Morgan fingerprint density at radius 3 is 2.62 bits per heavy atom. The van der Waals surface area contributed by atoms with E-state index in [1.54, 1.807) is 35.7 Å². The Hall–Kier alpha value is -3.07. The van der Waals surface area contributed by atoms with Crippen molar-refractivity contribution in [3.63, 3.8) is 0 Å². The molecule has 0 aliphatic heterocycles. The van der Waals surface area contributed by atoms with Crippen LogP contribution in [0.5, 0.6) is 5.75 Å². The van der Waals surface area contributed by atoms with Gasteiger partial charge in [-0.1, -0.05) is 12.1 Å². The summed E-state index contributed by atoms with van der Waals surface area (Å²) in [6.07, 6.45) is 1.52. The molecule has 0 aliphatic carbocycles. The number of ether oxygens (including phenoxy) is 1. The Kier molecular flexibility index (Phi) is 6.71. The molecule has 1 N–H and O–H groups in total. The summed E-state index contributed by atoms with van der Waals surface area (Å²) in [7, 11) is 0. The van der Waals surface area contributed by atoms with Crippen LogP contribution in [-0.2, 0) is 0 Å². The van der Waals surface area contributed by atoms with Crippen molar-refractivity contribution in [3.8, 4) is 17.0 Å². The fourth-order valence-corrected chi connectivity index (χ4v) is 3.46. The van der Waals surface area contributed by atoms with Crippen molar-refractivity contribution in [2.24, 2.45) is 0 Å². The van der Waals surface area contributed by atoms with Crippen molar-refractivity contribution in [2.45, 2.75) is 20.5 Å². The van der Waals surface area contributed by atoms with Gasteiger partial charge in [-0.15, -0.1) is 11.3 Å². The molecule has 2 heterocycles. The van der Waals surface area contributed by atoms with E-state index in [1.807, 2.05) is 13.8 Å². The van der Waals surface area contributed by atoms with Crippen molar-refractivity contribution in [1.82, 2.24) is 9.97 Å². The van der Waals surface area contributed by atoms with Crippen LogP contribution in [-0.4, -0.2) is 35.6 Å². The van der Waals surface area contributed by atoms with Crippen molar-refractivity contribution in [1.29, 1.82) is 0 Å². The predicted molar refractivity (Wildman–Crippen MR) is 110 cm³/mol. The average Bonchev–Trinajstić information content (AvgIpc) is 3.17. The number of alkyl halides is 2. The molecule has 29 heavy (non-hydrogen) atoms. The molecule has 0 spiro atoms. The average molecular weight is 418 g/mol. The summed E-state index contributed by atoms with van der Waals surface area (Å²) in [5, 5.41) is 4.73. The van der Waals surface area contributed by atoms with E-state index in [9.17, 15) is 13.6 Å². The zero-order valence-corrected chi connectivity index (χ0v) is 16.7. The van der Waals surface area contributed by atoms with E-state index in [0.29, 0.717) is 22.0 Å². The third-order valence-electron chi connectivity index (χ3n) is 4.20. The molecule has 0 fully saturated rings. The first-order chi connectivity index (χ1) is 14.0. The van der Waals surface area contributed by atoms with E-state index in [0.717, 1.165) is 18.9 Å². The number of benzene rings is 1. The first-order valence-corrected chi connectivity index (χ1v) is 9.91. The molecular weight excluding hydrogens is 398 g/mol. The van der Waals surface area contributed by atoms with Crippen molar-refractivity contribution in [2.75, 3.05) is 23.3 Å². The van der Waals surface area contributed by atoms with Gasteiger partial charge in [0.2, 0.25) is 0 Å². The largest absolute Gasteiger partial charge is 0.434 e. The fourth-order valence-electron chi connectivity index (χ4n) is 2.76. The van der Waals surface area contributed by atoms with E-state index in [4.69, 9.17) is 0 Å². The second-order valence-corrected chi connectivity index (χ2v) is 6.80. The smallest absolute Gasteiger partial charge is 0.387 e. The molecule has 1 amide bonds.